The van der Waals surface area contributed by atoms with Gasteiger partial charge in [-0.3, -0.25) is 4.79 Å². The number of primary amides is 1. The fraction of sp³-hybridized carbons (Fsp3) is 0.154. The van der Waals surface area contributed by atoms with Crippen LogP contribution in [0.4, 0.5) is 5.95 Å². The Kier molecular flexibility index (Phi) is 3.08. The third kappa shape index (κ3) is 2.46. The van der Waals surface area contributed by atoms with E-state index >= 15 is 0 Å². The quantitative estimate of drug-likeness (QED) is 0.858. The molecule has 3 rings (SSSR count). The maximum absolute atomic E-state index is 10.9. The van der Waals surface area contributed by atoms with Gasteiger partial charge < -0.3 is 20.5 Å². The number of carbonyl (C=O) groups is 1. The highest BCUT2D eigenvalue weighted by molar-refractivity contribution is 5.92. The van der Waals surface area contributed by atoms with Gasteiger partial charge in [0.1, 0.15) is 0 Å². The molecule has 1 amide bonds. The lowest BCUT2D eigenvalue weighted by atomic mass is 10.2. The molecule has 0 radical (unpaired) electrons. The molecule has 0 fully saturated rings. The second-order valence-corrected chi connectivity index (χ2v) is 4.20. The molecule has 0 spiro atoms. The van der Waals surface area contributed by atoms with E-state index in [0.717, 1.165) is 17.1 Å². The Hall–Kier alpha value is -2.83. The van der Waals surface area contributed by atoms with Crippen molar-refractivity contribution in [2.45, 2.75) is 6.54 Å². The third-order valence-corrected chi connectivity index (χ3v) is 2.82. The standard InChI is InChI=1S/C13H12N4O3/c14-12(18)9-5-16-13(17-6-9)15-4-8-1-2-10-11(3-8)20-7-19-10/h1-3,5-6H,4,7H2,(H2,14,18)(H,15,16,17). The number of hydrogen-bond donors (Lipinski definition) is 2. The second kappa shape index (κ2) is 5.04. The number of rotatable bonds is 4. The number of nitrogens with zero attached hydrogens (tertiary/aromatic N) is 2. The lowest BCUT2D eigenvalue weighted by Gasteiger charge is -2.06. The first-order chi connectivity index (χ1) is 9.72. The van der Waals surface area contributed by atoms with Crippen molar-refractivity contribution in [1.29, 1.82) is 0 Å². The first-order valence-electron chi connectivity index (χ1n) is 5.96. The summed E-state index contributed by atoms with van der Waals surface area (Å²) >= 11 is 0. The Labute approximate surface area is 114 Å². The molecule has 0 unspecified atom stereocenters. The average Bonchev–Trinajstić information content (AvgIpc) is 2.93. The molecule has 1 aliphatic rings. The summed E-state index contributed by atoms with van der Waals surface area (Å²) in [5, 5.41) is 3.05. The summed E-state index contributed by atoms with van der Waals surface area (Å²) in [6.45, 7) is 0.788. The normalized spacial score (nSPS) is 12.2. The maximum atomic E-state index is 10.9. The van der Waals surface area contributed by atoms with E-state index in [1.165, 1.54) is 12.4 Å². The molecule has 0 saturated heterocycles. The highest BCUT2D eigenvalue weighted by atomic mass is 16.7. The molecular formula is C13H12N4O3. The molecule has 20 heavy (non-hydrogen) atoms. The summed E-state index contributed by atoms with van der Waals surface area (Å²) in [7, 11) is 0. The van der Waals surface area contributed by atoms with Crippen LogP contribution in [0, 0.1) is 0 Å². The van der Waals surface area contributed by atoms with Crippen molar-refractivity contribution in [3.8, 4) is 11.5 Å². The van der Waals surface area contributed by atoms with E-state index in [4.69, 9.17) is 15.2 Å². The molecule has 2 aromatic rings. The van der Waals surface area contributed by atoms with Crippen molar-refractivity contribution in [2.24, 2.45) is 5.73 Å². The SMILES string of the molecule is NC(=O)c1cnc(NCc2ccc3c(c2)OCO3)nc1. The number of nitrogens with one attached hydrogen (secondary N) is 1. The van der Waals surface area contributed by atoms with Gasteiger partial charge >= 0.3 is 0 Å². The molecule has 2 heterocycles. The van der Waals surface area contributed by atoms with Crippen LogP contribution < -0.4 is 20.5 Å². The zero-order chi connectivity index (χ0) is 13.9. The van der Waals surface area contributed by atoms with E-state index in [2.05, 4.69) is 15.3 Å². The molecule has 1 aromatic heterocycles. The summed E-state index contributed by atoms with van der Waals surface area (Å²) in [5.74, 6) is 1.35. The Balaban J connectivity index is 1.65. The van der Waals surface area contributed by atoms with E-state index in [0.29, 0.717) is 12.5 Å². The molecule has 0 aliphatic carbocycles. The average molecular weight is 272 g/mol. The molecule has 0 saturated carbocycles. The lowest BCUT2D eigenvalue weighted by molar-refractivity contribution is 0.0999. The number of fused-ring (bicyclic) bond motifs is 1. The third-order valence-electron chi connectivity index (χ3n) is 2.82. The minimum atomic E-state index is -0.549. The van der Waals surface area contributed by atoms with Crippen molar-refractivity contribution >= 4 is 11.9 Å². The summed E-state index contributed by atoms with van der Waals surface area (Å²) in [4.78, 5) is 18.9. The van der Waals surface area contributed by atoms with Crippen LogP contribution >= 0.6 is 0 Å². The zero-order valence-electron chi connectivity index (χ0n) is 10.5. The van der Waals surface area contributed by atoms with Gasteiger partial charge in [0.15, 0.2) is 11.5 Å². The summed E-state index contributed by atoms with van der Waals surface area (Å²) in [6, 6.07) is 5.68. The number of aromatic nitrogens is 2. The molecule has 0 atom stereocenters. The number of hydrogen-bond acceptors (Lipinski definition) is 6. The number of ether oxygens (including phenoxy) is 2. The maximum Gasteiger partial charge on any atom is 0.251 e. The van der Waals surface area contributed by atoms with E-state index < -0.39 is 5.91 Å². The van der Waals surface area contributed by atoms with Crippen LogP contribution in [0.5, 0.6) is 11.5 Å². The molecule has 1 aromatic carbocycles. The second-order valence-electron chi connectivity index (χ2n) is 4.20. The monoisotopic (exact) mass is 272 g/mol. The molecule has 1 aliphatic heterocycles. The largest absolute Gasteiger partial charge is 0.454 e. The van der Waals surface area contributed by atoms with Gasteiger partial charge in [-0.2, -0.15) is 0 Å². The fourth-order valence-corrected chi connectivity index (χ4v) is 1.78. The molecular weight excluding hydrogens is 260 g/mol. The van der Waals surface area contributed by atoms with Crippen molar-refractivity contribution in [3.63, 3.8) is 0 Å². The topological polar surface area (TPSA) is 99.4 Å². The summed E-state index contributed by atoms with van der Waals surface area (Å²) in [6.07, 6.45) is 2.77. The highest BCUT2D eigenvalue weighted by Crippen LogP contribution is 2.32. The van der Waals surface area contributed by atoms with Gasteiger partial charge in [-0.25, -0.2) is 9.97 Å². The minimum Gasteiger partial charge on any atom is -0.454 e. The van der Waals surface area contributed by atoms with Gasteiger partial charge in [0.05, 0.1) is 5.56 Å². The predicted octanol–water partition coefficient (Wildman–Crippen LogP) is 0.916. The van der Waals surface area contributed by atoms with Gasteiger partial charge in [-0.05, 0) is 17.7 Å². The number of carbonyl (C=O) groups excluding carboxylic acids is 1. The van der Waals surface area contributed by atoms with E-state index in [1.807, 2.05) is 18.2 Å². The smallest absolute Gasteiger partial charge is 0.251 e. The molecule has 3 N–H and O–H groups in total. The lowest BCUT2D eigenvalue weighted by Crippen LogP contribution is -2.12. The molecule has 102 valence electrons. The van der Waals surface area contributed by atoms with Crippen molar-refractivity contribution in [3.05, 3.63) is 41.7 Å². The Bertz CT molecular complexity index is 643. The number of nitrogens with two attached hydrogens (primary N) is 1. The van der Waals surface area contributed by atoms with Gasteiger partial charge in [0.25, 0.3) is 5.91 Å². The van der Waals surface area contributed by atoms with Crippen molar-refractivity contribution in [2.75, 3.05) is 12.1 Å². The minimum absolute atomic E-state index is 0.254. The number of anilines is 1. The zero-order valence-corrected chi connectivity index (χ0v) is 10.5. The molecule has 7 heteroatoms. The van der Waals surface area contributed by atoms with Crippen LogP contribution in [0.2, 0.25) is 0 Å². The Morgan fingerprint density at radius 2 is 2.00 bits per heavy atom. The van der Waals surface area contributed by atoms with Gasteiger partial charge in [-0.15, -0.1) is 0 Å². The number of benzene rings is 1. The highest BCUT2D eigenvalue weighted by Gasteiger charge is 2.13. The Morgan fingerprint density at radius 1 is 1.25 bits per heavy atom. The van der Waals surface area contributed by atoms with E-state index in [9.17, 15) is 4.79 Å². The first-order valence-corrected chi connectivity index (χ1v) is 5.96. The van der Waals surface area contributed by atoms with Crippen LogP contribution in [-0.4, -0.2) is 22.7 Å². The van der Waals surface area contributed by atoms with Crippen LogP contribution in [0.3, 0.4) is 0 Å². The van der Waals surface area contributed by atoms with Crippen LogP contribution in [0.25, 0.3) is 0 Å². The molecule has 0 bridgehead atoms. The van der Waals surface area contributed by atoms with Crippen LogP contribution in [0.1, 0.15) is 15.9 Å². The first kappa shape index (κ1) is 12.2. The van der Waals surface area contributed by atoms with Crippen LogP contribution in [-0.2, 0) is 6.54 Å². The van der Waals surface area contributed by atoms with E-state index in [1.54, 1.807) is 0 Å². The van der Waals surface area contributed by atoms with E-state index in [-0.39, 0.29) is 12.4 Å². The summed E-state index contributed by atoms with van der Waals surface area (Å²) < 4.78 is 10.5. The number of amides is 1. The van der Waals surface area contributed by atoms with Crippen LogP contribution in [0.15, 0.2) is 30.6 Å². The molecule has 7 nitrogen and oxygen atoms in total. The summed E-state index contributed by atoms with van der Waals surface area (Å²) in [5.41, 5.74) is 6.40. The van der Waals surface area contributed by atoms with Crippen molar-refractivity contribution in [1.82, 2.24) is 9.97 Å². The predicted molar refractivity (Wildman–Crippen MR) is 70.4 cm³/mol. The van der Waals surface area contributed by atoms with Gasteiger partial charge in [0.2, 0.25) is 12.7 Å². The van der Waals surface area contributed by atoms with Crippen molar-refractivity contribution < 1.29 is 14.3 Å². The van der Waals surface area contributed by atoms with Gasteiger partial charge in [-0.1, -0.05) is 6.07 Å². The van der Waals surface area contributed by atoms with Gasteiger partial charge in [0, 0.05) is 18.9 Å². The Morgan fingerprint density at radius 3 is 2.75 bits per heavy atom. The fourth-order valence-electron chi connectivity index (χ4n) is 1.78.